The van der Waals surface area contributed by atoms with Crippen LogP contribution in [-0.4, -0.2) is 33.0 Å². The molecule has 0 bridgehead atoms. The van der Waals surface area contributed by atoms with Gasteiger partial charge in [-0.2, -0.15) is 0 Å². The molecule has 0 radical (unpaired) electrons. The zero-order valence-corrected chi connectivity index (χ0v) is 23.0. The first-order valence-corrected chi connectivity index (χ1v) is 13.5. The molecule has 7 nitrogen and oxygen atoms in total. The Bertz CT molecular complexity index is 1780. The molecular formula is C31H28N2O5S. The molecule has 0 saturated carbocycles. The van der Waals surface area contributed by atoms with Crippen LogP contribution < -0.4 is 33.8 Å². The van der Waals surface area contributed by atoms with Crippen molar-refractivity contribution in [1.82, 2.24) is 4.57 Å². The highest BCUT2D eigenvalue weighted by Crippen LogP contribution is 2.43. The molecule has 4 aromatic rings. The van der Waals surface area contributed by atoms with Gasteiger partial charge < -0.3 is 18.9 Å². The first kappa shape index (κ1) is 25.0. The molecule has 1 aliphatic carbocycles. The summed E-state index contributed by atoms with van der Waals surface area (Å²) in [7, 11) is 6.38. The molecule has 39 heavy (non-hydrogen) atoms. The second-order valence-electron chi connectivity index (χ2n) is 9.31. The fourth-order valence-corrected chi connectivity index (χ4v) is 6.53. The molecule has 0 N–H and O–H groups in total. The molecule has 0 spiro atoms. The fraction of sp³-hybridized carbons (Fsp3) is 0.226. The van der Waals surface area contributed by atoms with Gasteiger partial charge in [-0.15, -0.1) is 0 Å². The first-order valence-electron chi connectivity index (χ1n) is 12.6. The lowest BCUT2D eigenvalue weighted by Crippen LogP contribution is -2.39. The maximum absolute atomic E-state index is 14.1. The molecule has 6 rings (SSSR count). The van der Waals surface area contributed by atoms with Crippen LogP contribution in [0.3, 0.4) is 0 Å². The SMILES string of the molecule is COc1ccccc1C1C2=C(N=c3sc(=Cc4cc(OC)c(OC)c(OC)c4)c(=O)n31)c1ccccc1CC2. The van der Waals surface area contributed by atoms with Gasteiger partial charge in [0.05, 0.1) is 44.7 Å². The number of methoxy groups -OCH3 is 4. The number of aromatic nitrogens is 1. The minimum atomic E-state index is -0.317. The van der Waals surface area contributed by atoms with E-state index >= 15 is 0 Å². The summed E-state index contributed by atoms with van der Waals surface area (Å²) in [6.07, 6.45) is 3.56. The number of nitrogens with zero attached hydrogens (tertiary/aromatic N) is 2. The van der Waals surface area contributed by atoms with E-state index in [-0.39, 0.29) is 11.6 Å². The van der Waals surface area contributed by atoms with Crippen LogP contribution in [0.4, 0.5) is 0 Å². The number of thiazole rings is 1. The third-order valence-corrected chi connectivity index (χ3v) is 8.27. The number of aryl methyl sites for hydroxylation is 1. The van der Waals surface area contributed by atoms with Gasteiger partial charge in [0, 0.05) is 11.1 Å². The van der Waals surface area contributed by atoms with E-state index in [1.165, 1.54) is 16.9 Å². The Morgan fingerprint density at radius 1 is 0.872 bits per heavy atom. The number of hydrogen-bond acceptors (Lipinski definition) is 7. The summed E-state index contributed by atoms with van der Waals surface area (Å²) in [6, 6.07) is 19.7. The van der Waals surface area contributed by atoms with E-state index in [1.54, 1.807) is 28.4 Å². The van der Waals surface area contributed by atoms with Crippen LogP contribution in [0.5, 0.6) is 23.0 Å². The van der Waals surface area contributed by atoms with Crippen molar-refractivity contribution < 1.29 is 18.9 Å². The van der Waals surface area contributed by atoms with Gasteiger partial charge in [0.25, 0.3) is 5.56 Å². The summed E-state index contributed by atoms with van der Waals surface area (Å²) in [5.74, 6) is 2.29. The van der Waals surface area contributed by atoms with E-state index in [2.05, 4.69) is 18.2 Å². The number of rotatable bonds is 6. The van der Waals surface area contributed by atoms with Gasteiger partial charge in [0.1, 0.15) is 5.75 Å². The molecule has 1 aromatic heterocycles. The highest BCUT2D eigenvalue weighted by atomic mass is 32.1. The Morgan fingerprint density at radius 3 is 2.28 bits per heavy atom. The predicted octanol–water partition coefficient (Wildman–Crippen LogP) is 4.35. The van der Waals surface area contributed by atoms with Crippen LogP contribution in [-0.2, 0) is 6.42 Å². The summed E-state index contributed by atoms with van der Waals surface area (Å²) in [6.45, 7) is 0. The maximum Gasteiger partial charge on any atom is 0.271 e. The average molecular weight is 541 g/mol. The molecule has 2 heterocycles. The van der Waals surface area contributed by atoms with E-state index in [0.717, 1.165) is 46.6 Å². The molecule has 198 valence electrons. The summed E-state index contributed by atoms with van der Waals surface area (Å²) in [5, 5.41) is 0. The quantitative estimate of drug-likeness (QED) is 0.364. The summed E-state index contributed by atoms with van der Waals surface area (Å²) < 4.78 is 24.7. The highest BCUT2D eigenvalue weighted by molar-refractivity contribution is 7.07. The molecule has 1 atom stereocenters. The van der Waals surface area contributed by atoms with Crippen molar-refractivity contribution in [2.75, 3.05) is 28.4 Å². The lowest BCUT2D eigenvalue weighted by Gasteiger charge is -2.31. The van der Waals surface area contributed by atoms with Gasteiger partial charge >= 0.3 is 0 Å². The number of hydrogen-bond donors (Lipinski definition) is 0. The zero-order chi connectivity index (χ0) is 27.1. The van der Waals surface area contributed by atoms with E-state index in [4.69, 9.17) is 23.9 Å². The van der Waals surface area contributed by atoms with Crippen LogP contribution in [0.25, 0.3) is 11.8 Å². The van der Waals surface area contributed by atoms with Crippen molar-refractivity contribution >= 4 is 23.1 Å². The monoisotopic (exact) mass is 540 g/mol. The van der Waals surface area contributed by atoms with E-state index in [9.17, 15) is 4.79 Å². The van der Waals surface area contributed by atoms with E-state index in [0.29, 0.717) is 26.6 Å². The van der Waals surface area contributed by atoms with Crippen LogP contribution >= 0.6 is 11.3 Å². The minimum absolute atomic E-state index is 0.103. The third-order valence-electron chi connectivity index (χ3n) is 7.29. The van der Waals surface area contributed by atoms with Crippen molar-refractivity contribution in [3.8, 4) is 23.0 Å². The fourth-order valence-electron chi connectivity index (χ4n) is 5.53. The molecule has 2 aliphatic rings. The van der Waals surface area contributed by atoms with Gasteiger partial charge in [-0.1, -0.05) is 53.8 Å². The first-order chi connectivity index (χ1) is 19.1. The van der Waals surface area contributed by atoms with Crippen molar-refractivity contribution in [2.24, 2.45) is 4.99 Å². The number of para-hydroxylation sites is 1. The van der Waals surface area contributed by atoms with Crippen LogP contribution in [0.15, 0.2) is 76.0 Å². The summed E-state index contributed by atoms with van der Waals surface area (Å²) >= 11 is 1.38. The average Bonchev–Trinajstić information content (AvgIpc) is 3.29. The molecule has 1 unspecified atom stereocenters. The smallest absolute Gasteiger partial charge is 0.271 e. The Morgan fingerprint density at radius 2 is 1.56 bits per heavy atom. The number of fused-ring (bicyclic) bond motifs is 3. The standard InChI is InChI=1S/C31H28N2O5S/c1-35-23-12-8-7-11-21(23)28-22-14-13-19-9-5-6-10-20(19)27(22)32-31-33(28)30(34)26(39-31)17-18-15-24(36-2)29(38-4)25(16-18)37-3/h5-12,15-17,28H,13-14H2,1-4H3. The topological polar surface area (TPSA) is 71.3 Å². The van der Waals surface area contributed by atoms with Crippen molar-refractivity contribution in [3.63, 3.8) is 0 Å². The lowest BCUT2D eigenvalue weighted by atomic mass is 9.83. The zero-order valence-electron chi connectivity index (χ0n) is 22.2. The predicted molar refractivity (Wildman–Crippen MR) is 152 cm³/mol. The molecule has 8 heteroatoms. The Kier molecular flexibility index (Phi) is 6.48. The molecule has 3 aromatic carbocycles. The van der Waals surface area contributed by atoms with Crippen molar-refractivity contribution in [2.45, 2.75) is 18.9 Å². The summed E-state index contributed by atoms with van der Waals surface area (Å²) in [5.41, 5.74) is 6.09. The van der Waals surface area contributed by atoms with E-state index < -0.39 is 0 Å². The Hall–Kier alpha value is -4.30. The molecule has 0 amide bonds. The van der Waals surface area contributed by atoms with Gasteiger partial charge in [0.2, 0.25) is 5.75 Å². The molecule has 0 fully saturated rings. The molecule has 1 aliphatic heterocycles. The van der Waals surface area contributed by atoms with Crippen LogP contribution in [0.2, 0.25) is 0 Å². The second-order valence-corrected chi connectivity index (χ2v) is 10.3. The van der Waals surface area contributed by atoms with Gasteiger partial charge in [0.15, 0.2) is 16.3 Å². The van der Waals surface area contributed by atoms with Crippen molar-refractivity contribution in [1.29, 1.82) is 0 Å². The Labute approximate surface area is 229 Å². The van der Waals surface area contributed by atoms with Crippen LogP contribution in [0.1, 0.15) is 34.7 Å². The number of benzene rings is 3. The lowest BCUT2D eigenvalue weighted by molar-refractivity contribution is 0.324. The second kappa shape index (κ2) is 10.1. The van der Waals surface area contributed by atoms with Gasteiger partial charge in [-0.05, 0) is 53.8 Å². The maximum atomic E-state index is 14.1. The molecular weight excluding hydrogens is 512 g/mol. The third kappa shape index (κ3) is 4.12. The van der Waals surface area contributed by atoms with Gasteiger partial charge in [-0.3, -0.25) is 9.36 Å². The largest absolute Gasteiger partial charge is 0.496 e. The normalized spacial score (nSPS) is 16.1. The van der Waals surface area contributed by atoms with Crippen LogP contribution in [0, 0.1) is 0 Å². The van der Waals surface area contributed by atoms with Gasteiger partial charge in [-0.25, -0.2) is 4.99 Å². The van der Waals surface area contributed by atoms with Crippen molar-refractivity contribution in [3.05, 3.63) is 108 Å². The van der Waals surface area contributed by atoms with E-state index in [1.807, 2.05) is 53.1 Å². The number of ether oxygens (including phenoxy) is 4. The number of allylic oxidation sites excluding steroid dienone is 1. The Balaban J connectivity index is 1.61. The molecule has 0 saturated heterocycles. The summed E-state index contributed by atoms with van der Waals surface area (Å²) in [4.78, 5) is 19.8. The highest BCUT2D eigenvalue weighted by Gasteiger charge is 2.34. The minimum Gasteiger partial charge on any atom is -0.496 e.